The molecule has 4 heteroatoms. The van der Waals surface area contributed by atoms with E-state index in [-0.39, 0.29) is 5.92 Å². The van der Waals surface area contributed by atoms with Gasteiger partial charge < -0.3 is 19.9 Å². The molecule has 3 rings (SSSR count). The third-order valence-corrected chi connectivity index (χ3v) is 3.43. The van der Waals surface area contributed by atoms with Gasteiger partial charge in [-0.25, -0.2) is 0 Å². The average Bonchev–Trinajstić information content (AvgIpc) is 2.89. The van der Waals surface area contributed by atoms with E-state index in [4.69, 9.17) is 19.9 Å². The normalized spacial score (nSPS) is 16.4. The van der Waals surface area contributed by atoms with Crippen LogP contribution in [0.25, 0.3) is 0 Å². The number of methoxy groups -OCH3 is 1. The minimum Gasteiger partial charge on any atom is -0.493 e. The number of anilines is 1. The van der Waals surface area contributed by atoms with Crippen molar-refractivity contribution in [2.45, 2.75) is 5.92 Å². The van der Waals surface area contributed by atoms with Crippen molar-refractivity contribution in [3.63, 3.8) is 0 Å². The van der Waals surface area contributed by atoms with Crippen LogP contribution in [0.4, 0.5) is 5.69 Å². The van der Waals surface area contributed by atoms with Crippen LogP contribution in [-0.2, 0) is 0 Å². The van der Waals surface area contributed by atoms with Gasteiger partial charge in [-0.2, -0.15) is 0 Å². The first-order chi connectivity index (χ1) is 9.78. The monoisotopic (exact) mass is 271 g/mol. The van der Waals surface area contributed by atoms with Crippen molar-refractivity contribution in [1.82, 2.24) is 0 Å². The van der Waals surface area contributed by atoms with E-state index >= 15 is 0 Å². The Labute approximate surface area is 118 Å². The van der Waals surface area contributed by atoms with Crippen LogP contribution < -0.4 is 19.9 Å². The molecule has 0 radical (unpaired) electrons. The number of hydrogen-bond donors (Lipinski definition) is 1. The van der Waals surface area contributed by atoms with Crippen LogP contribution in [0.3, 0.4) is 0 Å². The summed E-state index contributed by atoms with van der Waals surface area (Å²) >= 11 is 0. The summed E-state index contributed by atoms with van der Waals surface area (Å²) in [6, 6.07) is 13.5. The highest BCUT2D eigenvalue weighted by atomic mass is 16.5. The van der Waals surface area contributed by atoms with Crippen molar-refractivity contribution in [3.05, 3.63) is 48.0 Å². The van der Waals surface area contributed by atoms with Crippen LogP contribution in [0.1, 0.15) is 11.5 Å². The van der Waals surface area contributed by atoms with Crippen LogP contribution in [0, 0.1) is 0 Å². The third kappa shape index (κ3) is 2.37. The highest BCUT2D eigenvalue weighted by Gasteiger charge is 2.24. The van der Waals surface area contributed by atoms with Gasteiger partial charge >= 0.3 is 0 Å². The summed E-state index contributed by atoms with van der Waals surface area (Å²) in [5.74, 6) is 2.54. The molecule has 0 aromatic heterocycles. The summed E-state index contributed by atoms with van der Waals surface area (Å²) in [7, 11) is 1.61. The number of para-hydroxylation sites is 1. The summed E-state index contributed by atoms with van der Waals surface area (Å²) in [4.78, 5) is 0. The zero-order chi connectivity index (χ0) is 13.9. The molecule has 1 atom stereocenters. The number of fused-ring (bicyclic) bond motifs is 1. The van der Waals surface area contributed by atoms with Crippen LogP contribution in [0.5, 0.6) is 17.2 Å². The summed E-state index contributed by atoms with van der Waals surface area (Å²) in [6.07, 6.45) is 0. The topological polar surface area (TPSA) is 53.7 Å². The van der Waals surface area contributed by atoms with Gasteiger partial charge in [0.2, 0.25) is 0 Å². The molecule has 0 amide bonds. The van der Waals surface area contributed by atoms with Gasteiger partial charge in [0.1, 0.15) is 5.75 Å². The molecule has 4 nitrogen and oxygen atoms in total. The molecule has 1 aliphatic rings. The molecular formula is C16H17NO3. The fourth-order valence-corrected chi connectivity index (χ4v) is 2.36. The molecule has 0 saturated carbocycles. The maximum atomic E-state index is 5.86. The standard InChI is InChI=1S/C16H17NO3/c1-18-16-8-12(17)6-7-15(16)20-10-11-9-19-14-5-3-2-4-13(11)14/h2-8,11H,9-10,17H2,1H3. The zero-order valence-electron chi connectivity index (χ0n) is 11.3. The Hall–Kier alpha value is -2.36. The van der Waals surface area contributed by atoms with Crippen LogP contribution in [0.2, 0.25) is 0 Å². The Morgan fingerprint density at radius 2 is 2.05 bits per heavy atom. The number of ether oxygens (including phenoxy) is 3. The molecule has 1 heterocycles. The first-order valence-corrected chi connectivity index (χ1v) is 6.56. The number of benzene rings is 2. The number of rotatable bonds is 4. The zero-order valence-corrected chi connectivity index (χ0v) is 11.3. The smallest absolute Gasteiger partial charge is 0.162 e. The van der Waals surface area contributed by atoms with E-state index in [1.165, 1.54) is 5.56 Å². The van der Waals surface area contributed by atoms with E-state index in [2.05, 4.69) is 6.07 Å². The molecule has 0 bridgehead atoms. The number of hydrogen-bond acceptors (Lipinski definition) is 4. The van der Waals surface area contributed by atoms with Gasteiger partial charge in [0.05, 0.1) is 26.2 Å². The van der Waals surface area contributed by atoms with Crippen molar-refractivity contribution in [1.29, 1.82) is 0 Å². The van der Waals surface area contributed by atoms with E-state index in [9.17, 15) is 0 Å². The second-order valence-corrected chi connectivity index (χ2v) is 4.77. The van der Waals surface area contributed by atoms with E-state index in [0.717, 1.165) is 5.75 Å². The van der Waals surface area contributed by atoms with Crippen molar-refractivity contribution in [2.24, 2.45) is 0 Å². The van der Waals surface area contributed by atoms with E-state index in [1.54, 1.807) is 19.2 Å². The van der Waals surface area contributed by atoms with E-state index < -0.39 is 0 Å². The molecule has 2 aromatic rings. The Kier molecular flexibility index (Phi) is 3.37. The Morgan fingerprint density at radius 3 is 2.90 bits per heavy atom. The lowest BCUT2D eigenvalue weighted by atomic mass is 10.0. The number of nitrogen functional groups attached to an aromatic ring is 1. The maximum absolute atomic E-state index is 5.86. The average molecular weight is 271 g/mol. The van der Waals surface area contributed by atoms with E-state index in [0.29, 0.717) is 30.4 Å². The lowest BCUT2D eigenvalue weighted by Gasteiger charge is -2.14. The molecule has 0 fully saturated rings. The predicted octanol–water partition coefficient (Wildman–Crippen LogP) is 2.83. The summed E-state index contributed by atoms with van der Waals surface area (Å²) in [6.45, 7) is 1.20. The quantitative estimate of drug-likeness (QED) is 0.869. The first kappa shape index (κ1) is 12.7. The minimum atomic E-state index is 0.244. The van der Waals surface area contributed by atoms with Crippen LogP contribution >= 0.6 is 0 Å². The fourth-order valence-electron chi connectivity index (χ4n) is 2.36. The molecule has 2 aromatic carbocycles. The Morgan fingerprint density at radius 1 is 1.20 bits per heavy atom. The number of nitrogens with two attached hydrogens (primary N) is 1. The highest BCUT2D eigenvalue weighted by Crippen LogP contribution is 2.35. The van der Waals surface area contributed by atoms with Gasteiger partial charge in [-0.15, -0.1) is 0 Å². The first-order valence-electron chi connectivity index (χ1n) is 6.56. The van der Waals surface area contributed by atoms with Gasteiger partial charge in [-0.1, -0.05) is 18.2 Å². The molecule has 104 valence electrons. The van der Waals surface area contributed by atoms with Crippen molar-refractivity contribution in [2.75, 3.05) is 26.1 Å². The summed E-state index contributed by atoms with van der Waals surface area (Å²) in [5, 5.41) is 0. The van der Waals surface area contributed by atoms with Crippen molar-refractivity contribution >= 4 is 5.69 Å². The Bertz CT molecular complexity index is 612. The Balaban J connectivity index is 1.72. The minimum absolute atomic E-state index is 0.244. The lowest BCUT2D eigenvalue weighted by Crippen LogP contribution is -2.12. The molecule has 0 spiro atoms. The second-order valence-electron chi connectivity index (χ2n) is 4.77. The van der Waals surface area contributed by atoms with Gasteiger partial charge in [-0.05, 0) is 18.2 Å². The largest absolute Gasteiger partial charge is 0.493 e. The lowest BCUT2D eigenvalue weighted by molar-refractivity contribution is 0.240. The second kappa shape index (κ2) is 5.33. The maximum Gasteiger partial charge on any atom is 0.162 e. The molecule has 1 unspecified atom stereocenters. The molecular weight excluding hydrogens is 254 g/mol. The van der Waals surface area contributed by atoms with Crippen LogP contribution in [0.15, 0.2) is 42.5 Å². The van der Waals surface area contributed by atoms with Gasteiger partial charge in [0.15, 0.2) is 11.5 Å². The predicted molar refractivity (Wildman–Crippen MR) is 77.6 cm³/mol. The molecule has 0 saturated heterocycles. The molecule has 20 heavy (non-hydrogen) atoms. The molecule has 1 aliphatic heterocycles. The van der Waals surface area contributed by atoms with Crippen LogP contribution in [-0.4, -0.2) is 20.3 Å². The SMILES string of the molecule is COc1cc(N)ccc1OCC1COc2ccccc21. The third-order valence-electron chi connectivity index (χ3n) is 3.43. The van der Waals surface area contributed by atoms with Gasteiger partial charge in [-0.3, -0.25) is 0 Å². The van der Waals surface area contributed by atoms with E-state index in [1.807, 2.05) is 24.3 Å². The highest BCUT2D eigenvalue weighted by molar-refractivity contribution is 5.52. The summed E-state index contributed by atoms with van der Waals surface area (Å²) < 4.78 is 16.8. The summed E-state index contributed by atoms with van der Waals surface area (Å²) in [5.41, 5.74) is 7.58. The molecule has 0 aliphatic carbocycles. The van der Waals surface area contributed by atoms with Gasteiger partial charge in [0, 0.05) is 17.3 Å². The van der Waals surface area contributed by atoms with Crippen molar-refractivity contribution in [3.8, 4) is 17.2 Å². The molecule has 2 N–H and O–H groups in total. The fraction of sp³-hybridized carbons (Fsp3) is 0.250. The van der Waals surface area contributed by atoms with Gasteiger partial charge in [0.25, 0.3) is 0 Å². The van der Waals surface area contributed by atoms with Crippen molar-refractivity contribution < 1.29 is 14.2 Å².